The van der Waals surface area contributed by atoms with Crippen molar-refractivity contribution in [3.05, 3.63) is 0 Å². The van der Waals surface area contributed by atoms with Crippen LogP contribution in [0.3, 0.4) is 0 Å². The molecule has 0 spiro atoms. The number of nitrogens with zero attached hydrogens (tertiary/aromatic N) is 1. The van der Waals surface area contributed by atoms with Gasteiger partial charge in [-0.15, -0.1) is 0 Å². The summed E-state index contributed by atoms with van der Waals surface area (Å²) in [5, 5.41) is 0.380. The second-order valence-electron chi connectivity index (χ2n) is 2.04. The van der Waals surface area contributed by atoms with Crippen molar-refractivity contribution >= 4 is 23.0 Å². The van der Waals surface area contributed by atoms with E-state index in [1.54, 1.807) is 0 Å². The van der Waals surface area contributed by atoms with Crippen molar-refractivity contribution in [2.24, 2.45) is 0 Å². The zero-order chi connectivity index (χ0) is 9.65. The predicted molar refractivity (Wildman–Crippen MR) is 46.3 cm³/mol. The van der Waals surface area contributed by atoms with Crippen molar-refractivity contribution < 1.29 is 17.5 Å². The molecule has 11 heavy (non-hydrogen) atoms. The summed E-state index contributed by atoms with van der Waals surface area (Å²) in [6, 6.07) is 0. The van der Waals surface area contributed by atoms with Crippen molar-refractivity contribution in [3.63, 3.8) is 0 Å². The summed E-state index contributed by atoms with van der Waals surface area (Å²) in [4.78, 5) is 2.03. The molecule has 2 N–H and O–H groups in total. The molecule has 0 bridgehead atoms. The van der Waals surface area contributed by atoms with E-state index in [1.165, 1.54) is 0 Å². The van der Waals surface area contributed by atoms with E-state index < -0.39 is 10.4 Å². The minimum atomic E-state index is -4.67. The number of rotatable bonds is 1. The molecule has 0 rings (SSSR count). The topological polar surface area (TPSA) is 77.8 Å². The van der Waals surface area contributed by atoms with Crippen LogP contribution in [0.4, 0.5) is 0 Å². The molecule has 70 valence electrons. The smallest absolute Gasteiger partial charge is 0.298 e. The third-order valence-electron chi connectivity index (χ3n) is 0.747. The molecule has 7 heteroatoms. The molecule has 0 aliphatic carbocycles. The van der Waals surface area contributed by atoms with Crippen LogP contribution in [0, 0.1) is 0 Å². The van der Waals surface area contributed by atoms with Gasteiger partial charge >= 0.3 is 10.4 Å². The highest BCUT2D eigenvalue weighted by molar-refractivity contribution is 7.80. The third-order valence-corrected chi connectivity index (χ3v) is 1.21. The maximum absolute atomic E-state index is 8.74. The van der Waals surface area contributed by atoms with Crippen LogP contribution in [-0.2, 0) is 10.4 Å². The molecule has 0 fully saturated rings. The normalized spacial score (nSPS) is 13.7. The van der Waals surface area contributed by atoms with Gasteiger partial charge in [0.15, 0.2) is 0 Å². The molecular formula is C4H13NO4S2. The van der Waals surface area contributed by atoms with Crippen molar-refractivity contribution in [1.82, 2.24) is 4.90 Å². The van der Waals surface area contributed by atoms with Crippen molar-refractivity contribution in [2.45, 2.75) is 12.3 Å². The summed E-state index contributed by atoms with van der Waals surface area (Å²) in [5.74, 6) is 0. The highest BCUT2D eigenvalue weighted by Gasteiger charge is 1.91. The molecule has 0 aromatic rings. The molecule has 1 unspecified atom stereocenters. The van der Waals surface area contributed by atoms with Crippen LogP contribution in [0.25, 0.3) is 0 Å². The van der Waals surface area contributed by atoms with Crippen LogP contribution >= 0.6 is 12.6 Å². The van der Waals surface area contributed by atoms with Crippen molar-refractivity contribution in [3.8, 4) is 0 Å². The van der Waals surface area contributed by atoms with Crippen LogP contribution in [0.1, 0.15) is 6.92 Å². The van der Waals surface area contributed by atoms with E-state index in [0.717, 1.165) is 0 Å². The summed E-state index contributed by atoms with van der Waals surface area (Å²) in [5.41, 5.74) is 0. The molecule has 5 nitrogen and oxygen atoms in total. The molecule has 0 saturated carbocycles. The average Bonchev–Trinajstić information content (AvgIpc) is 1.59. The van der Waals surface area contributed by atoms with Gasteiger partial charge in [0.2, 0.25) is 0 Å². The Kier molecular flexibility index (Phi) is 7.23. The Morgan fingerprint density at radius 2 is 1.45 bits per heavy atom. The van der Waals surface area contributed by atoms with Crippen LogP contribution < -0.4 is 0 Å². The molecular weight excluding hydrogens is 190 g/mol. The Bertz CT molecular complexity index is 161. The lowest BCUT2D eigenvalue weighted by molar-refractivity contribution is 0.381. The second-order valence-corrected chi connectivity index (χ2v) is 3.69. The van der Waals surface area contributed by atoms with Gasteiger partial charge in [-0.25, -0.2) is 0 Å². The van der Waals surface area contributed by atoms with E-state index in [4.69, 9.17) is 17.5 Å². The Morgan fingerprint density at radius 1 is 1.36 bits per heavy atom. The van der Waals surface area contributed by atoms with E-state index >= 15 is 0 Å². The summed E-state index contributed by atoms with van der Waals surface area (Å²) in [6.45, 7) is 2.03. The lowest BCUT2D eigenvalue weighted by Crippen LogP contribution is -2.17. The third kappa shape index (κ3) is 39.0. The Balaban J connectivity index is 0. The summed E-state index contributed by atoms with van der Waals surface area (Å²) >= 11 is 4.12. The summed E-state index contributed by atoms with van der Waals surface area (Å²) in [7, 11) is -0.671. The maximum Gasteiger partial charge on any atom is 0.394 e. The maximum atomic E-state index is 8.74. The molecule has 1 atom stereocenters. The molecule has 0 amide bonds. The van der Waals surface area contributed by atoms with E-state index in [2.05, 4.69) is 12.6 Å². The largest absolute Gasteiger partial charge is 0.394 e. The first kappa shape index (κ1) is 13.7. The van der Waals surface area contributed by atoms with Gasteiger partial charge < -0.3 is 0 Å². The number of hydrogen-bond donors (Lipinski definition) is 3. The van der Waals surface area contributed by atoms with Gasteiger partial charge in [-0.2, -0.15) is 21.0 Å². The van der Waals surface area contributed by atoms with E-state index in [9.17, 15) is 0 Å². The summed E-state index contributed by atoms with van der Waals surface area (Å²) < 4.78 is 31.6. The van der Waals surface area contributed by atoms with Crippen LogP contribution in [-0.4, -0.2) is 41.9 Å². The van der Waals surface area contributed by atoms with E-state index in [1.807, 2.05) is 25.9 Å². The first-order valence-electron chi connectivity index (χ1n) is 2.69. The lowest BCUT2D eigenvalue weighted by atomic mass is 10.7. The van der Waals surface area contributed by atoms with Crippen LogP contribution in [0.15, 0.2) is 0 Å². The lowest BCUT2D eigenvalue weighted by Gasteiger charge is -2.11. The Morgan fingerprint density at radius 3 is 1.45 bits per heavy atom. The minimum absolute atomic E-state index is 0.380. The van der Waals surface area contributed by atoms with Gasteiger partial charge in [0.25, 0.3) is 0 Å². The first-order chi connectivity index (χ1) is 4.64. The number of hydrogen-bond acceptors (Lipinski definition) is 4. The average molecular weight is 203 g/mol. The molecule has 0 saturated heterocycles. The monoisotopic (exact) mass is 203 g/mol. The zero-order valence-electron chi connectivity index (χ0n) is 6.59. The predicted octanol–water partition coefficient (Wildman–Crippen LogP) is 0.171. The van der Waals surface area contributed by atoms with Gasteiger partial charge in [0.05, 0.1) is 0 Å². The fourth-order valence-corrected chi connectivity index (χ4v) is 0. The van der Waals surface area contributed by atoms with E-state index in [0.29, 0.717) is 5.37 Å². The second kappa shape index (κ2) is 5.78. The first-order valence-corrected chi connectivity index (χ1v) is 4.60. The molecule has 0 aliphatic rings. The SMILES string of the molecule is CC(S)N(C)C.O=S(=O)(O)O. The standard InChI is InChI=1S/C4H11NS.H2O4S/c1-4(6)5(2)3;1-5(2,3)4/h4,6H,1-3H3;(H2,1,2,3,4). The molecule has 0 aromatic heterocycles. The van der Waals surface area contributed by atoms with Gasteiger partial charge in [-0.1, -0.05) is 0 Å². The highest BCUT2D eigenvalue weighted by atomic mass is 32.3. The molecule has 0 radical (unpaired) electrons. The molecule has 0 heterocycles. The zero-order valence-corrected chi connectivity index (χ0v) is 8.30. The van der Waals surface area contributed by atoms with Gasteiger partial charge in [-0.05, 0) is 21.0 Å². The van der Waals surface area contributed by atoms with Gasteiger partial charge in [-0.3, -0.25) is 14.0 Å². The summed E-state index contributed by atoms with van der Waals surface area (Å²) in [6.07, 6.45) is 0. The Labute approximate surface area is 72.4 Å². The quantitative estimate of drug-likeness (QED) is 0.322. The van der Waals surface area contributed by atoms with Crippen LogP contribution in [0.5, 0.6) is 0 Å². The number of thiol groups is 1. The van der Waals surface area contributed by atoms with Crippen LogP contribution in [0.2, 0.25) is 0 Å². The van der Waals surface area contributed by atoms with Gasteiger partial charge in [0.1, 0.15) is 0 Å². The highest BCUT2D eigenvalue weighted by Crippen LogP contribution is 1.92. The minimum Gasteiger partial charge on any atom is -0.298 e. The van der Waals surface area contributed by atoms with E-state index in [-0.39, 0.29) is 0 Å². The fraction of sp³-hybridized carbons (Fsp3) is 1.00. The fourth-order valence-electron chi connectivity index (χ4n) is 0. The van der Waals surface area contributed by atoms with Crippen molar-refractivity contribution in [2.75, 3.05) is 14.1 Å². The van der Waals surface area contributed by atoms with Crippen molar-refractivity contribution in [1.29, 1.82) is 0 Å². The molecule has 0 aliphatic heterocycles. The van der Waals surface area contributed by atoms with Gasteiger partial charge in [0, 0.05) is 5.37 Å². The Hall–Kier alpha value is 0.180. The molecule has 0 aromatic carbocycles.